The minimum atomic E-state index is -0.935. The second kappa shape index (κ2) is 5.54. The van der Waals surface area contributed by atoms with Crippen molar-refractivity contribution in [2.24, 2.45) is 0 Å². The molecule has 0 fully saturated rings. The van der Waals surface area contributed by atoms with Crippen LogP contribution in [-0.2, 0) is 11.2 Å². The van der Waals surface area contributed by atoms with Gasteiger partial charge >= 0.3 is 5.97 Å². The number of hydrogen-bond acceptors (Lipinski definition) is 3. The van der Waals surface area contributed by atoms with Crippen LogP contribution in [-0.4, -0.2) is 23.2 Å². The van der Waals surface area contributed by atoms with Crippen LogP contribution in [0.15, 0.2) is 16.9 Å². The fourth-order valence-electron chi connectivity index (χ4n) is 2.14. The van der Waals surface area contributed by atoms with E-state index >= 15 is 0 Å². The number of hydrogen-bond donors (Lipinski definition) is 2. The average molecular weight is 296 g/mol. The van der Waals surface area contributed by atoms with E-state index in [0.29, 0.717) is 21.9 Å². The van der Waals surface area contributed by atoms with Crippen LogP contribution in [0.5, 0.6) is 5.75 Å². The van der Waals surface area contributed by atoms with Crippen molar-refractivity contribution in [1.82, 2.24) is 4.98 Å². The first-order valence-electron chi connectivity index (χ1n) is 6.05. The van der Waals surface area contributed by atoms with E-state index < -0.39 is 5.97 Å². The highest BCUT2D eigenvalue weighted by Crippen LogP contribution is 2.33. The van der Waals surface area contributed by atoms with Gasteiger partial charge in [0.2, 0.25) is 0 Å². The number of aromatic amines is 1. The van der Waals surface area contributed by atoms with Crippen molar-refractivity contribution in [1.29, 1.82) is 0 Å². The van der Waals surface area contributed by atoms with Gasteiger partial charge in [-0.1, -0.05) is 11.6 Å². The van der Waals surface area contributed by atoms with Crippen molar-refractivity contribution in [2.75, 3.05) is 7.11 Å². The summed E-state index contributed by atoms with van der Waals surface area (Å²) in [5, 5.41) is 9.92. The minimum Gasteiger partial charge on any atom is -0.493 e. The van der Waals surface area contributed by atoms with Gasteiger partial charge in [-0.05, 0) is 31.0 Å². The van der Waals surface area contributed by atoms with E-state index in [1.165, 1.54) is 7.11 Å². The lowest BCUT2D eigenvalue weighted by Gasteiger charge is -2.11. The van der Waals surface area contributed by atoms with Crippen molar-refractivity contribution in [3.63, 3.8) is 0 Å². The first-order chi connectivity index (χ1) is 9.43. The highest BCUT2D eigenvalue weighted by molar-refractivity contribution is 6.33. The predicted octanol–water partition coefficient (Wildman–Crippen LogP) is 2.52. The lowest BCUT2D eigenvalue weighted by atomic mass is 10.0. The Balaban J connectivity index is 2.65. The number of nitrogens with one attached hydrogen (secondary N) is 1. The third-order valence-electron chi connectivity index (χ3n) is 3.14. The molecule has 0 spiro atoms. The molecule has 0 saturated heterocycles. The monoisotopic (exact) mass is 295 g/mol. The Hall–Kier alpha value is -2.01. The quantitative estimate of drug-likeness (QED) is 0.908. The van der Waals surface area contributed by atoms with Crippen LogP contribution in [0.1, 0.15) is 17.5 Å². The molecule has 0 aliphatic carbocycles. The zero-order valence-corrected chi connectivity index (χ0v) is 11.9. The highest BCUT2D eigenvalue weighted by Gasteiger charge is 2.13. The number of carboxylic acid groups (broad SMARTS) is 1. The number of carboxylic acids is 1. The third-order valence-corrected chi connectivity index (χ3v) is 3.42. The maximum Gasteiger partial charge on any atom is 0.303 e. The van der Waals surface area contributed by atoms with Crippen molar-refractivity contribution in [2.45, 2.75) is 19.8 Å². The van der Waals surface area contributed by atoms with Crippen LogP contribution in [0.4, 0.5) is 0 Å². The van der Waals surface area contributed by atoms with Crippen molar-refractivity contribution < 1.29 is 14.6 Å². The summed E-state index contributed by atoms with van der Waals surface area (Å²) in [6.07, 6.45) is 0.101. The molecule has 0 radical (unpaired) electrons. The number of benzene rings is 1. The van der Waals surface area contributed by atoms with Crippen LogP contribution < -0.4 is 10.3 Å². The van der Waals surface area contributed by atoms with Gasteiger partial charge < -0.3 is 14.8 Å². The Morgan fingerprint density at radius 1 is 1.45 bits per heavy atom. The molecule has 106 valence electrons. The third kappa shape index (κ3) is 2.63. The van der Waals surface area contributed by atoms with Crippen LogP contribution in [0.3, 0.4) is 0 Å². The molecule has 0 aliphatic rings. The van der Waals surface area contributed by atoms with E-state index in [4.69, 9.17) is 21.4 Å². The summed E-state index contributed by atoms with van der Waals surface area (Å²) in [5.74, 6) is -0.524. The fourth-order valence-corrected chi connectivity index (χ4v) is 2.48. The molecule has 6 heteroatoms. The van der Waals surface area contributed by atoms with Gasteiger partial charge in [-0.3, -0.25) is 9.59 Å². The largest absolute Gasteiger partial charge is 0.493 e. The number of aryl methyl sites for hydroxylation is 2. The SMILES string of the molecule is COc1c(Cl)cc(C)c2cc(CCC(=O)O)c(=O)[nH]c12. The molecule has 0 atom stereocenters. The molecule has 0 aliphatic heterocycles. The number of aromatic nitrogens is 1. The maximum atomic E-state index is 12.0. The normalized spacial score (nSPS) is 10.8. The number of methoxy groups -OCH3 is 1. The first-order valence-corrected chi connectivity index (χ1v) is 6.42. The predicted molar refractivity (Wildman–Crippen MR) is 76.8 cm³/mol. The lowest BCUT2D eigenvalue weighted by Crippen LogP contribution is -2.14. The average Bonchev–Trinajstić information content (AvgIpc) is 2.37. The number of halogens is 1. The number of rotatable bonds is 4. The molecular formula is C14H14ClNO4. The first kappa shape index (κ1) is 14.4. The number of pyridine rings is 1. The number of fused-ring (bicyclic) bond motifs is 1. The van der Waals surface area contributed by atoms with Crippen LogP contribution in [0.2, 0.25) is 5.02 Å². The van der Waals surface area contributed by atoms with Gasteiger partial charge in [0.1, 0.15) is 0 Å². The van der Waals surface area contributed by atoms with E-state index in [1.54, 1.807) is 12.1 Å². The van der Waals surface area contributed by atoms with Gasteiger partial charge in [-0.25, -0.2) is 0 Å². The molecule has 0 saturated carbocycles. The van der Waals surface area contributed by atoms with Gasteiger partial charge in [0.25, 0.3) is 5.56 Å². The molecule has 0 bridgehead atoms. The van der Waals surface area contributed by atoms with Gasteiger partial charge in [-0.15, -0.1) is 0 Å². The number of ether oxygens (including phenoxy) is 1. The fraction of sp³-hybridized carbons (Fsp3) is 0.286. The minimum absolute atomic E-state index is 0.0850. The van der Waals surface area contributed by atoms with Gasteiger partial charge in [0.15, 0.2) is 5.75 Å². The summed E-state index contributed by atoms with van der Waals surface area (Å²) in [6.45, 7) is 1.87. The van der Waals surface area contributed by atoms with E-state index in [9.17, 15) is 9.59 Å². The number of H-pyrrole nitrogens is 1. The number of carbonyl (C=O) groups is 1. The standard InChI is InChI=1S/C14H14ClNO4/c1-7-5-10(15)13(20-2)12-9(7)6-8(14(19)16-12)3-4-11(17)18/h5-6H,3-4H2,1-2H3,(H,16,19)(H,17,18). The van der Waals surface area contributed by atoms with Crippen LogP contribution in [0.25, 0.3) is 10.9 Å². The van der Waals surface area contributed by atoms with E-state index in [-0.39, 0.29) is 18.4 Å². The van der Waals surface area contributed by atoms with E-state index in [1.807, 2.05) is 6.92 Å². The van der Waals surface area contributed by atoms with Gasteiger partial charge in [0, 0.05) is 17.4 Å². The number of aliphatic carboxylic acids is 1. The maximum absolute atomic E-state index is 12.0. The Morgan fingerprint density at radius 2 is 2.15 bits per heavy atom. The van der Waals surface area contributed by atoms with E-state index in [2.05, 4.69) is 4.98 Å². The molecule has 2 rings (SSSR count). The second-order valence-electron chi connectivity index (χ2n) is 4.51. The van der Waals surface area contributed by atoms with Crippen LogP contribution in [0, 0.1) is 6.92 Å². The molecular weight excluding hydrogens is 282 g/mol. The van der Waals surface area contributed by atoms with Crippen molar-refractivity contribution >= 4 is 28.5 Å². The Morgan fingerprint density at radius 3 is 2.75 bits per heavy atom. The van der Waals surface area contributed by atoms with Crippen LogP contribution >= 0.6 is 11.6 Å². The molecule has 1 aromatic heterocycles. The molecule has 1 heterocycles. The van der Waals surface area contributed by atoms with Gasteiger partial charge in [0.05, 0.1) is 17.6 Å². The second-order valence-corrected chi connectivity index (χ2v) is 4.92. The van der Waals surface area contributed by atoms with Gasteiger partial charge in [-0.2, -0.15) is 0 Å². The summed E-state index contributed by atoms with van der Waals surface area (Å²) in [6, 6.07) is 3.45. The molecule has 0 amide bonds. The lowest BCUT2D eigenvalue weighted by molar-refractivity contribution is -0.136. The molecule has 20 heavy (non-hydrogen) atoms. The summed E-state index contributed by atoms with van der Waals surface area (Å²) in [4.78, 5) is 25.3. The molecule has 2 N–H and O–H groups in total. The zero-order valence-electron chi connectivity index (χ0n) is 11.1. The molecule has 5 nitrogen and oxygen atoms in total. The molecule has 0 unspecified atom stereocenters. The van der Waals surface area contributed by atoms with Crippen molar-refractivity contribution in [3.05, 3.63) is 38.6 Å². The summed E-state index contributed by atoms with van der Waals surface area (Å²) >= 11 is 6.08. The Labute approximate surface area is 120 Å². The van der Waals surface area contributed by atoms with Crippen molar-refractivity contribution in [3.8, 4) is 5.75 Å². The molecule has 2 aromatic rings. The van der Waals surface area contributed by atoms with E-state index in [0.717, 1.165) is 10.9 Å². The molecule has 1 aromatic carbocycles. The smallest absolute Gasteiger partial charge is 0.303 e. The summed E-state index contributed by atoms with van der Waals surface area (Å²) < 4.78 is 5.21. The Kier molecular flexibility index (Phi) is 3.99. The topological polar surface area (TPSA) is 79.4 Å². The zero-order chi connectivity index (χ0) is 14.9. The Bertz CT molecular complexity index is 736. The summed E-state index contributed by atoms with van der Waals surface area (Å²) in [5.41, 5.74) is 1.53. The highest BCUT2D eigenvalue weighted by atomic mass is 35.5. The summed E-state index contributed by atoms with van der Waals surface area (Å²) in [7, 11) is 1.48.